The summed E-state index contributed by atoms with van der Waals surface area (Å²) in [6.45, 7) is 15.7. The lowest BCUT2D eigenvalue weighted by atomic mass is 9.71. The zero-order valence-corrected chi connectivity index (χ0v) is 22.5. The van der Waals surface area contributed by atoms with Gasteiger partial charge in [0.15, 0.2) is 0 Å². The van der Waals surface area contributed by atoms with Crippen molar-refractivity contribution < 1.29 is 4.79 Å². The predicted molar refractivity (Wildman–Crippen MR) is 143 cm³/mol. The van der Waals surface area contributed by atoms with Crippen LogP contribution in [0.15, 0.2) is 41.5 Å². The van der Waals surface area contributed by atoms with Gasteiger partial charge in [-0.1, -0.05) is 96.7 Å². The van der Waals surface area contributed by atoms with Crippen molar-refractivity contribution in [2.45, 2.75) is 118 Å². The number of carbonyl (C=O) groups excluding carboxylic acids is 1. The number of carbonyl (C=O) groups is 1. The second-order valence-electron chi connectivity index (χ2n) is 12.5. The van der Waals surface area contributed by atoms with Crippen LogP contribution in [-0.4, -0.2) is 5.78 Å². The van der Waals surface area contributed by atoms with Gasteiger partial charge >= 0.3 is 0 Å². The summed E-state index contributed by atoms with van der Waals surface area (Å²) in [5.41, 5.74) is 7.69. The van der Waals surface area contributed by atoms with E-state index in [-0.39, 0.29) is 17.1 Å². The molecule has 2 aliphatic carbocycles. The summed E-state index contributed by atoms with van der Waals surface area (Å²) in [5.74, 6) is 2.75. The number of rotatable bonds is 9. The molecule has 0 heterocycles. The highest BCUT2D eigenvalue weighted by Crippen LogP contribution is 2.43. The zero-order valence-electron chi connectivity index (χ0n) is 22.5. The van der Waals surface area contributed by atoms with E-state index in [2.05, 4.69) is 71.9 Å². The number of Topliss-reactive ketones (excluding diaryl/α,β-unsaturated/α-hetero) is 1. The van der Waals surface area contributed by atoms with E-state index in [0.29, 0.717) is 18.3 Å². The SMILES string of the molecule is CC(=O)C[C@@H](C)c1ccc(C(CC(C)C)C2CCCCC2)c(CC2=CCC(C(C)(C)C)=C2)c1. The van der Waals surface area contributed by atoms with Gasteiger partial charge in [-0.2, -0.15) is 0 Å². The molecule has 1 aromatic rings. The topological polar surface area (TPSA) is 17.1 Å². The Balaban J connectivity index is 1.98. The highest BCUT2D eigenvalue weighted by molar-refractivity contribution is 5.76. The maximum Gasteiger partial charge on any atom is 0.130 e. The summed E-state index contributed by atoms with van der Waals surface area (Å²) < 4.78 is 0. The minimum atomic E-state index is 0.237. The Labute approximate surface area is 204 Å². The molecule has 1 nitrogen and oxygen atoms in total. The van der Waals surface area contributed by atoms with Crippen molar-refractivity contribution in [3.05, 3.63) is 58.2 Å². The van der Waals surface area contributed by atoms with Gasteiger partial charge in [0.1, 0.15) is 5.78 Å². The van der Waals surface area contributed by atoms with Crippen LogP contribution < -0.4 is 0 Å². The van der Waals surface area contributed by atoms with Crippen LogP contribution in [0.1, 0.15) is 128 Å². The van der Waals surface area contributed by atoms with Crippen molar-refractivity contribution in [3.63, 3.8) is 0 Å². The van der Waals surface area contributed by atoms with Gasteiger partial charge in [-0.3, -0.25) is 0 Å². The van der Waals surface area contributed by atoms with Gasteiger partial charge in [0, 0.05) is 6.42 Å². The quantitative estimate of drug-likeness (QED) is 0.368. The second-order valence-corrected chi connectivity index (χ2v) is 12.5. The van der Waals surface area contributed by atoms with E-state index in [1.165, 1.54) is 55.2 Å². The molecule has 0 amide bonds. The molecule has 0 aromatic heterocycles. The lowest BCUT2D eigenvalue weighted by molar-refractivity contribution is -0.117. The van der Waals surface area contributed by atoms with Gasteiger partial charge in [-0.25, -0.2) is 0 Å². The summed E-state index contributed by atoms with van der Waals surface area (Å²) in [6.07, 6.45) is 15.9. The number of hydrogen-bond acceptors (Lipinski definition) is 1. The van der Waals surface area contributed by atoms with Crippen molar-refractivity contribution in [1.29, 1.82) is 0 Å². The number of allylic oxidation sites excluding steroid dienone is 4. The second kappa shape index (κ2) is 11.2. The van der Waals surface area contributed by atoms with E-state index in [9.17, 15) is 4.79 Å². The molecule has 2 atom stereocenters. The van der Waals surface area contributed by atoms with E-state index >= 15 is 0 Å². The summed E-state index contributed by atoms with van der Waals surface area (Å²) in [6, 6.07) is 7.25. The molecule has 0 radical (unpaired) electrons. The third-order valence-corrected chi connectivity index (χ3v) is 7.98. The Morgan fingerprint density at radius 3 is 2.33 bits per heavy atom. The van der Waals surface area contributed by atoms with Crippen molar-refractivity contribution >= 4 is 5.78 Å². The van der Waals surface area contributed by atoms with Gasteiger partial charge in [0.05, 0.1) is 0 Å². The minimum Gasteiger partial charge on any atom is -0.300 e. The van der Waals surface area contributed by atoms with E-state index in [1.807, 2.05) is 0 Å². The average molecular weight is 449 g/mol. The van der Waals surface area contributed by atoms with Crippen molar-refractivity contribution in [1.82, 2.24) is 0 Å². The van der Waals surface area contributed by atoms with Crippen molar-refractivity contribution in [3.8, 4) is 0 Å². The van der Waals surface area contributed by atoms with Crippen molar-refractivity contribution in [2.24, 2.45) is 17.3 Å². The van der Waals surface area contributed by atoms with Crippen molar-refractivity contribution in [2.75, 3.05) is 0 Å². The summed E-state index contributed by atoms with van der Waals surface area (Å²) in [5, 5.41) is 0. The van der Waals surface area contributed by atoms with Gasteiger partial charge in [-0.15, -0.1) is 0 Å². The fourth-order valence-corrected chi connectivity index (χ4v) is 6.06. The van der Waals surface area contributed by atoms with E-state index in [4.69, 9.17) is 0 Å². The van der Waals surface area contributed by atoms with E-state index < -0.39 is 0 Å². The standard InChI is InChI=1S/C32H48O/c1-22(2)17-31(26-11-9-8-10-12-26)30-16-14-27(23(3)18-24(4)33)21-28(30)19-25-13-15-29(20-25)32(5,6)7/h13-14,16,20-23,26,31H,8-12,15,17-19H2,1-7H3/t23-,31?/m1/s1. The Kier molecular flexibility index (Phi) is 8.82. The zero-order chi connectivity index (χ0) is 24.2. The smallest absolute Gasteiger partial charge is 0.130 e. The largest absolute Gasteiger partial charge is 0.300 e. The molecular formula is C32H48O. The van der Waals surface area contributed by atoms with E-state index in [0.717, 1.165) is 18.8 Å². The molecule has 1 aromatic carbocycles. The lowest BCUT2D eigenvalue weighted by Crippen LogP contribution is -2.20. The first-order valence-electron chi connectivity index (χ1n) is 13.6. The fraction of sp³-hybridized carbons (Fsp3) is 0.656. The van der Waals surface area contributed by atoms with Gasteiger partial charge in [-0.05, 0) is 90.4 Å². The first-order chi connectivity index (χ1) is 15.5. The van der Waals surface area contributed by atoms with Crippen LogP contribution in [-0.2, 0) is 11.2 Å². The third-order valence-electron chi connectivity index (χ3n) is 7.98. The number of ketones is 1. The molecule has 33 heavy (non-hydrogen) atoms. The molecular weight excluding hydrogens is 400 g/mol. The Bertz CT molecular complexity index is 870. The normalized spacial score (nSPS) is 19.4. The molecule has 3 rings (SSSR count). The van der Waals surface area contributed by atoms with Gasteiger partial charge in [0.2, 0.25) is 0 Å². The van der Waals surface area contributed by atoms with Crippen LogP contribution >= 0.6 is 0 Å². The molecule has 0 N–H and O–H groups in total. The third kappa shape index (κ3) is 7.17. The van der Waals surface area contributed by atoms with Crippen LogP contribution in [0, 0.1) is 17.3 Å². The molecule has 1 unspecified atom stereocenters. The fourth-order valence-electron chi connectivity index (χ4n) is 6.06. The van der Waals surface area contributed by atoms with Gasteiger partial charge < -0.3 is 4.79 Å². The highest BCUT2D eigenvalue weighted by Gasteiger charge is 2.28. The first kappa shape index (κ1) is 26.0. The van der Waals surface area contributed by atoms with Crippen LogP contribution in [0.25, 0.3) is 0 Å². The molecule has 1 saturated carbocycles. The van der Waals surface area contributed by atoms with Crippen LogP contribution in [0.2, 0.25) is 0 Å². The van der Waals surface area contributed by atoms with Crippen LogP contribution in [0.3, 0.4) is 0 Å². The molecule has 2 aliphatic rings. The molecule has 0 spiro atoms. The monoisotopic (exact) mass is 448 g/mol. The van der Waals surface area contributed by atoms with Crippen LogP contribution in [0.4, 0.5) is 0 Å². The Morgan fingerprint density at radius 1 is 1.06 bits per heavy atom. The maximum atomic E-state index is 11.8. The van der Waals surface area contributed by atoms with E-state index in [1.54, 1.807) is 18.1 Å². The summed E-state index contributed by atoms with van der Waals surface area (Å²) in [4.78, 5) is 11.8. The minimum absolute atomic E-state index is 0.237. The van der Waals surface area contributed by atoms with Gasteiger partial charge in [0.25, 0.3) is 0 Å². The molecule has 1 fully saturated rings. The molecule has 182 valence electrons. The maximum absolute atomic E-state index is 11.8. The average Bonchev–Trinajstić information content (AvgIpc) is 3.21. The highest BCUT2D eigenvalue weighted by atomic mass is 16.1. The molecule has 0 saturated heterocycles. The Morgan fingerprint density at radius 2 is 1.76 bits per heavy atom. The number of hydrogen-bond donors (Lipinski definition) is 0. The Hall–Kier alpha value is -1.63. The molecule has 1 heteroatoms. The molecule has 0 aliphatic heterocycles. The van der Waals surface area contributed by atoms with Crippen LogP contribution in [0.5, 0.6) is 0 Å². The summed E-state index contributed by atoms with van der Waals surface area (Å²) >= 11 is 0. The predicted octanol–water partition coefficient (Wildman–Crippen LogP) is 9.32. The summed E-state index contributed by atoms with van der Waals surface area (Å²) in [7, 11) is 0. The molecule has 0 bridgehead atoms. The number of benzene rings is 1. The lowest BCUT2D eigenvalue weighted by Gasteiger charge is -2.33. The first-order valence-corrected chi connectivity index (χ1v) is 13.6.